The number of benzene rings is 6. The third-order valence-electron chi connectivity index (χ3n) is 9.10. The van der Waals surface area contributed by atoms with E-state index in [2.05, 4.69) is 184 Å². The van der Waals surface area contributed by atoms with E-state index in [9.17, 15) is 0 Å². The Morgan fingerprint density at radius 1 is 0.589 bits per heavy atom. The minimum atomic E-state index is 0. The van der Waals surface area contributed by atoms with E-state index >= 15 is 0 Å². The van der Waals surface area contributed by atoms with E-state index in [1.54, 1.807) is 0 Å². The zero-order valence-electron chi connectivity index (χ0n) is 32.9. The van der Waals surface area contributed by atoms with Gasteiger partial charge in [0.25, 0.3) is 0 Å². The Bertz CT molecular complexity index is 2220. The van der Waals surface area contributed by atoms with Crippen LogP contribution in [0.2, 0.25) is 0 Å². The van der Waals surface area contributed by atoms with Crippen molar-refractivity contribution in [1.29, 1.82) is 0 Å². The molecule has 0 aliphatic carbocycles. The van der Waals surface area contributed by atoms with E-state index in [1.807, 2.05) is 68.4 Å². The van der Waals surface area contributed by atoms with Crippen molar-refractivity contribution in [3.8, 4) is 24.2 Å². The van der Waals surface area contributed by atoms with Crippen LogP contribution in [0.4, 0.5) is 11.4 Å². The summed E-state index contributed by atoms with van der Waals surface area (Å²) in [5.74, 6) is 8.86. The van der Waals surface area contributed by atoms with Gasteiger partial charge in [0.2, 0.25) is 0 Å². The van der Waals surface area contributed by atoms with Crippen molar-refractivity contribution < 1.29 is 0 Å². The highest BCUT2D eigenvalue weighted by atomic mass is 79.9. The molecule has 0 aliphatic heterocycles. The van der Waals surface area contributed by atoms with Crippen molar-refractivity contribution in [2.45, 2.75) is 33.4 Å². The van der Waals surface area contributed by atoms with Crippen molar-refractivity contribution in [3.63, 3.8) is 0 Å². The molecule has 0 amide bonds. The van der Waals surface area contributed by atoms with Crippen LogP contribution in [-0.2, 0) is 0 Å². The Morgan fingerprint density at radius 2 is 1.02 bits per heavy atom. The van der Waals surface area contributed by atoms with Crippen LogP contribution in [0.3, 0.4) is 0 Å². The van der Waals surface area contributed by atoms with Crippen molar-refractivity contribution in [1.82, 2.24) is 10.6 Å². The summed E-state index contributed by atoms with van der Waals surface area (Å²) in [6.07, 6.45) is 11.3. The molecule has 0 aromatic heterocycles. The first kappa shape index (κ1) is 44.8. The van der Waals surface area contributed by atoms with Gasteiger partial charge in [0.1, 0.15) is 0 Å². The monoisotopic (exact) mass is 804 g/mol. The average molecular weight is 806 g/mol. The summed E-state index contributed by atoms with van der Waals surface area (Å²) in [6.45, 7) is 6.06. The van der Waals surface area contributed by atoms with Crippen LogP contribution in [0.25, 0.3) is 21.5 Å². The highest BCUT2D eigenvalue weighted by Gasteiger charge is 2.08. The number of hydrogen-bond acceptors (Lipinski definition) is 4. The van der Waals surface area contributed by atoms with E-state index in [1.165, 1.54) is 44.0 Å². The Kier molecular flexibility index (Phi) is 19.3. The second kappa shape index (κ2) is 24.1. The summed E-state index contributed by atoms with van der Waals surface area (Å²) in [4.78, 5) is 6.01. The van der Waals surface area contributed by atoms with Gasteiger partial charge in [-0.2, -0.15) is 0 Å². The molecule has 2 N–H and O–H groups in total. The number of rotatable bonds is 10. The van der Waals surface area contributed by atoms with E-state index in [0.717, 1.165) is 24.2 Å². The summed E-state index contributed by atoms with van der Waals surface area (Å²) >= 11 is 3.27. The van der Waals surface area contributed by atoms with Crippen LogP contribution >= 0.6 is 15.9 Å². The topological polar surface area (TPSA) is 30.5 Å². The summed E-state index contributed by atoms with van der Waals surface area (Å²) in [7, 11) is 8.08. The maximum absolute atomic E-state index is 5.21. The molecule has 288 valence electrons. The van der Waals surface area contributed by atoms with Gasteiger partial charge in [-0.25, -0.2) is 0 Å². The molecule has 0 aliphatic rings. The van der Waals surface area contributed by atoms with Gasteiger partial charge in [-0.15, -0.1) is 6.42 Å². The number of nitrogens with zero attached hydrogens (tertiary/aromatic N) is 2. The third-order valence-corrected chi connectivity index (χ3v) is 9.48. The van der Waals surface area contributed by atoms with Gasteiger partial charge in [-0.3, -0.25) is 0 Å². The molecule has 56 heavy (non-hydrogen) atoms. The molecule has 4 nitrogen and oxygen atoms in total. The van der Waals surface area contributed by atoms with E-state index in [-0.39, 0.29) is 13.5 Å². The molecule has 0 unspecified atom stereocenters. The molecule has 0 heterocycles. The quantitative estimate of drug-likeness (QED) is 0.135. The van der Waals surface area contributed by atoms with Crippen LogP contribution in [0.5, 0.6) is 0 Å². The van der Waals surface area contributed by atoms with Crippen LogP contribution in [0.1, 0.15) is 55.6 Å². The van der Waals surface area contributed by atoms with Crippen LogP contribution < -0.4 is 20.4 Å². The fourth-order valence-corrected chi connectivity index (χ4v) is 6.14. The summed E-state index contributed by atoms with van der Waals surface area (Å²) in [5, 5.41) is 12.2. The minimum Gasteiger partial charge on any atom is -0.378 e. The van der Waals surface area contributed by atoms with Crippen molar-refractivity contribution >= 4 is 48.8 Å². The predicted molar refractivity (Wildman–Crippen MR) is 251 cm³/mol. The molecule has 0 saturated carbocycles. The van der Waals surface area contributed by atoms with Gasteiger partial charge in [0.05, 0.1) is 0 Å². The lowest BCUT2D eigenvalue weighted by Gasteiger charge is -2.15. The maximum atomic E-state index is 5.21. The summed E-state index contributed by atoms with van der Waals surface area (Å²) < 4.78 is 0. The molecule has 0 spiro atoms. The van der Waals surface area contributed by atoms with Gasteiger partial charge in [-0.05, 0) is 106 Å². The molecule has 0 saturated heterocycles. The Hall–Kier alpha value is -5.56. The zero-order valence-corrected chi connectivity index (χ0v) is 34.5. The number of fused-ring (bicyclic) bond motifs is 2. The van der Waals surface area contributed by atoms with Gasteiger partial charge >= 0.3 is 0 Å². The van der Waals surface area contributed by atoms with Crippen molar-refractivity contribution in [3.05, 3.63) is 179 Å². The second-order valence-corrected chi connectivity index (χ2v) is 14.0. The fraction of sp³-hybridized carbons (Fsp3) is 0.216. The average Bonchev–Trinajstić information content (AvgIpc) is 3.22. The minimum absolute atomic E-state index is 0. The maximum Gasteiger partial charge on any atom is 0.0361 e. The zero-order chi connectivity index (χ0) is 39.4. The first-order chi connectivity index (χ1) is 26.7. The SMILES string of the molecule is C.C#Cc1ccc(N(C)C)cc1.C[C@@H](NC/C=C/Br)c1cccc2ccccc12.C[C@@H](NC/C=C/C#Cc1ccc(N(C)C)cc1)c1cccc2ccccc12. The normalized spacial score (nSPS) is 11.5. The molecule has 2 atom stereocenters. The molecule has 6 aromatic rings. The third kappa shape index (κ3) is 13.9. The van der Waals surface area contributed by atoms with Gasteiger partial charge in [0.15, 0.2) is 0 Å². The van der Waals surface area contributed by atoms with Gasteiger partial charge < -0.3 is 20.4 Å². The molecule has 0 radical (unpaired) electrons. The van der Waals surface area contributed by atoms with Crippen LogP contribution in [0.15, 0.2) is 157 Å². The van der Waals surface area contributed by atoms with Crippen LogP contribution in [0, 0.1) is 24.2 Å². The van der Waals surface area contributed by atoms with E-state index in [4.69, 9.17) is 6.42 Å². The number of hydrogen-bond donors (Lipinski definition) is 2. The largest absolute Gasteiger partial charge is 0.378 e. The first-order valence-corrected chi connectivity index (χ1v) is 19.5. The summed E-state index contributed by atoms with van der Waals surface area (Å²) in [6, 6.07) is 46.8. The molecule has 5 heteroatoms. The number of halogens is 1. The number of nitrogens with one attached hydrogen (secondary N) is 2. The van der Waals surface area contributed by atoms with Crippen molar-refractivity contribution in [2.75, 3.05) is 51.1 Å². The summed E-state index contributed by atoms with van der Waals surface area (Å²) in [5.41, 5.74) is 6.99. The molecule has 0 bridgehead atoms. The van der Waals surface area contributed by atoms with Crippen molar-refractivity contribution in [2.24, 2.45) is 0 Å². The Morgan fingerprint density at radius 3 is 1.46 bits per heavy atom. The number of terminal acetylenes is 1. The standard InChI is InChI=1S/C25H26N2.C15H16BrN.C10H11N.CH4/c1-20(24-14-9-12-22-11-6-7-13-25(22)24)26-19-8-4-5-10-21-15-17-23(18-16-21)27(2)3;1-12(17-11-5-10-16)14-9-4-7-13-6-2-3-8-15(13)14;1-4-9-5-7-10(8-6-9)11(2)3;/h4,6-9,11-18,20,26H,19H2,1-3H3;2-10,12,17H,11H2,1H3;1,5-8H,2-3H3;1H4/b8-4+;10-5+;;/t20-;12-;;/m11../s1. The molecular weight excluding hydrogens is 748 g/mol. The lowest BCUT2D eigenvalue weighted by atomic mass is 10.00. The molecular formula is C51H57BrN4. The van der Waals surface area contributed by atoms with E-state index < -0.39 is 0 Å². The molecule has 6 rings (SSSR count). The van der Waals surface area contributed by atoms with Crippen LogP contribution in [-0.4, -0.2) is 41.3 Å². The van der Waals surface area contributed by atoms with Gasteiger partial charge in [-0.1, -0.05) is 138 Å². The van der Waals surface area contributed by atoms with Gasteiger partial charge in [0, 0.05) is 75.9 Å². The fourth-order valence-electron chi connectivity index (χ4n) is 5.95. The Balaban J connectivity index is 0.000000247. The smallest absolute Gasteiger partial charge is 0.0361 e. The first-order valence-electron chi connectivity index (χ1n) is 18.6. The Labute approximate surface area is 345 Å². The number of anilines is 2. The molecule has 0 fully saturated rings. The lowest BCUT2D eigenvalue weighted by Crippen LogP contribution is -2.18. The second-order valence-electron chi connectivity index (χ2n) is 13.5. The number of allylic oxidation sites excluding steroid dienone is 1. The molecule has 6 aromatic carbocycles. The highest BCUT2D eigenvalue weighted by Crippen LogP contribution is 2.25. The highest BCUT2D eigenvalue weighted by molar-refractivity contribution is 9.11. The predicted octanol–water partition coefficient (Wildman–Crippen LogP) is 11.9. The lowest BCUT2D eigenvalue weighted by molar-refractivity contribution is 0.621. The van der Waals surface area contributed by atoms with E-state index in [0.29, 0.717) is 6.04 Å².